The molecule has 0 bridgehead atoms. The lowest BCUT2D eigenvalue weighted by Gasteiger charge is -1.99. The number of azo groups is 1. The van der Waals surface area contributed by atoms with Crippen molar-refractivity contribution >= 4 is 23.1 Å². The van der Waals surface area contributed by atoms with Crippen LogP contribution >= 0.6 is 0 Å². The molecule has 0 unspecified atom stereocenters. The maximum atomic E-state index is 11.6. The summed E-state index contributed by atoms with van der Waals surface area (Å²) < 4.78 is 1.63. The van der Waals surface area contributed by atoms with Crippen LogP contribution in [0.1, 0.15) is 0 Å². The van der Waals surface area contributed by atoms with E-state index in [2.05, 4.69) is 20.6 Å². The fraction of sp³-hybridized carbons (Fsp3) is 0.0588. The van der Waals surface area contributed by atoms with Crippen molar-refractivity contribution in [3.05, 3.63) is 60.7 Å². The first kappa shape index (κ1) is 13.4. The molecular formula is C17H13N5O. The lowest BCUT2D eigenvalue weighted by atomic mass is 10.1. The SMILES string of the molecule is O=C1Cn2nc(-c3ccccc3)c(N=Nc3ccccc3)c2N1. The summed E-state index contributed by atoms with van der Waals surface area (Å²) in [5.74, 6) is 0.497. The van der Waals surface area contributed by atoms with Crippen LogP contribution in [0.5, 0.6) is 0 Å². The van der Waals surface area contributed by atoms with E-state index in [-0.39, 0.29) is 12.5 Å². The van der Waals surface area contributed by atoms with Crippen molar-refractivity contribution in [3.8, 4) is 11.3 Å². The number of anilines is 1. The molecule has 3 aromatic rings. The zero-order valence-electron chi connectivity index (χ0n) is 12.2. The number of aromatic nitrogens is 2. The van der Waals surface area contributed by atoms with E-state index in [0.717, 1.165) is 11.3 Å². The Bertz CT molecular complexity index is 884. The fourth-order valence-electron chi connectivity index (χ4n) is 2.49. The Balaban J connectivity index is 1.81. The highest BCUT2D eigenvalue weighted by Gasteiger charge is 2.27. The summed E-state index contributed by atoms with van der Waals surface area (Å²) in [5, 5.41) is 15.9. The molecule has 6 nitrogen and oxygen atoms in total. The molecule has 0 atom stereocenters. The van der Waals surface area contributed by atoms with Crippen molar-refractivity contribution in [1.29, 1.82) is 0 Å². The number of nitrogens with zero attached hydrogens (tertiary/aromatic N) is 4. The molecule has 0 aliphatic carbocycles. The zero-order chi connectivity index (χ0) is 15.6. The average molecular weight is 303 g/mol. The molecule has 6 heteroatoms. The van der Waals surface area contributed by atoms with E-state index < -0.39 is 0 Å². The van der Waals surface area contributed by atoms with E-state index in [9.17, 15) is 4.79 Å². The molecule has 1 amide bonds. The summed E-state index contributed by atoms with van der Waals surface area (Å²) in [6.45, 7) is 0.204. The van der Waals surface area contributed by atoms with Crippen molar-refractivity contribution in [3.63, 3.8) is 0 Å². The van der Waals surface area contributed by atoms with Crippen LogP contribution in [0.2, 0.25) is 0 Å². The molecule has 1 N–H and O–H groups in total. The predicted molar refractivity (Wildman–Crippen MR) is 86.9 cm³/mol. The average Bonchev–Trinajstić information content (AvgIpc) is 3.11. The van der Waals surface area contributed by atoms with Gasteiger partial charge in [0.1, 0.15) is 12.2 Å². The molecule has 112 valence electrons. The summed E-state index contributed by atoms with van der Waals surface area (Å²) >= 11 is 0. The molecule has 2 aromatic carbocycles. The number of carbonyl (C=O) groups excluding carboxylic acids is 1. The van der Waals surface area contributed by atoms with Crippen LogP contribution in [-0.2, 0) is 11.3 Å². The third-order valence-electron chi connectivity index (χ3n) is 3.55. The Labute approximate surface area is 132 Å². The first-order valence-electron chi connectivity index (χ1n) is 7.24. The van der Waals surface area contributed by atoms with Crippen LogP contribution < -0.4 is 5.32 Å². The lowest BCUT2D eigenvalue weighted by molar-refractivity contribution is -0.115. The number of rotatable bonds is 3. The maximum Gasteiger partial charge on any atom is 0.247 e. The van der Waals surface area contributed by atoms with Gasteiger partial charge in [-0.15, -0.1) is 5.11 Å². The van der Waals surface area contributed by atoms with Crippen LogP contribution in [0, 0.1) is 0 Å². The van der Waals surface area contributed by atoms with E-state index in [4.69, 9.17) is 0 Å². The van der Waals surface area contributed by atoms with E-state index in [0.29, 0.717) is 17.2 Å². The first-order chi connectivity index (χ1) is 11.3. The van der Waals surface area contributed by atoms with Gasteiger partial charge >= 0.3 is 0 Å². The maximum absolute atomic E-state index is 11.6. The number of carbonyl (C=O) groups is 1. The van der Waals surface area contributed by atoms with Gasteiger partial charge in [-0.25, -0.2) is 4.68 Å². The monoisotopic (exact) mass is 303 g/mol. The first-order valence-corrected chi connectivity index (χ1v) is 7.24. The second kappa shape index (κ2) is 5.49. The van der Waals surface area contributed by atoms with Crippen molar-refractivity contribution in [2.24, 2.45) is 10.2 Å². The molecule has 0 saturated carbocycles. The van der Waals surface area contributed by atoms with Crippen molar-refractivity contribution in [2.75, 3.05) is 5.32 Å². The van der Waals surface area contributed by atoms with E-state index in [1.807, 2.05) is 60.7 Å². The molecule has 0 fully saturated rings. The number of nitrogens with one attached hydrogen (secondary N) is 1. The molecule has 23 heavy (non-hydrogen) atoms. The Morgan fingerprint density at radius 1 is 0.957 bits per heavy atom. The molecule has 0 spiro atoms. The van der Waals surface area contributed by atoms with E-state index in [1.165, 1.54) is 0 Å². The van der Waals surface area contributed by atoms with Crippen LogP contribution in [-0.4, -0.2) is 15.7 Å². The second-order valence-corrected chi connectivity index (χ2v) is 5.15. The molecule has 1 aliphatic heterocycles. The Morgan fingerprint density at radius 3 is 2.39 bits per heavy atom. The summed E-state index contributed by atoms with van der Waals surface area (Å²) in [5.41, 5.74) is 2.97. The van der Waals surface area contributed by atoms with Gasteiger partial charge in [-0.2, -0.15) is 10.2 Å². The molecule has 0 saturated heterocycles. The van der Waals surface area contributed by atoms with Crippen molar-refractivity contribution in [1.82, 2.24) is 9.78 Å². The normalized spacial score (nSPS) is 13.3. The summed E-state index contributed by atoms with van der Waals surface area (Å²) in [4.78, 5) is 11.6. The van der Waals surface area contributed by atoms with Crippen LogP contribution in [0.25, 0.3) is 11.3 Å². The highest BCUT2D eigenvalue weighted by atomic mass is 16.2. The van der Waals surface area contributed by atoms with Gasteiger partial charge in [-0.05, 0) is 12.1 Å². The predicted octanol–water partition coefficient (Wildman–Crippen LogP) is 3.92. The second-order valence-electron chi connectivity index (χ2n) is 5.15. The molecule has 4 rings (SSSR count). The van der Waals surface area contributed by atoms with Gasteiger partial charge in [0.2, 0.25) is 5.91 Å². The third kappa shape index (κ3) is 2.50. The number of hydrogen-bond acceptors (Lipinski definition) is 4. The largest absolute Gasteiger partial charge is 0.307 e. The Morgan fingerprint density at radius 2 is 1.65 bits per heavy atom. The molecule has 1 aromatic heterocycles. The number of hydrogen-bond donors (Lipinski definition) is 1. The minimum Gasteiger partial charge on any atom is -0.307 e. The minimum atomic E-state index is -0.0942. The third-order valence-corrected chi connectivity index (χ3v) is 3.55. The highest BCUT2D eigenvalue weighted by molar-refractivity contribution is 5.99. The molecule has 0 radical (unpaired) electrons. The van der Waals surface area contributed by atoms with Crippen LogP contribution in [0.3, 0.4) is 0 Å². The topological polar surface area (TPSA) is 71.6 Å². The smallest absolute Gasteiger partial charge is 0.247 e. The van der Waals surface area contributed by atoms with E-state index >= 15 is 0 Å². The van der Waals surface area contributed by atoms with Gasteiger partial charge in [-0.1, -0.05) is 48.5 Å². The number of amides is 1. The zero-order valence-corrected chi connectivity index (χ0v) is 12.2. The van der Waals surface area contributed by atoms with Gasteiger partial charge < -0.3 is 5.32 Å². The standard InChI is InChI=1S/C17H13N5O/c23-14-11-22-17(18-14)16(20-19-13-9-5-2-6-10-13)15(21-22)12-7-3-1-4-8-12/h1-10H,11H2,(H,18,23). The molecule has 1 aliphatic rings. The number of benzene rings is 2. The van der Waals surface area contributed by atoms with Gasteiger partial charge in [-0.3, -0.25) is 4.79 Å². The van der Waals surface area contributed by atoms with Gasteiger partial charge in [0, 0.05) is 5.56 Å². The summed E-state index contributed by atoms with van der Waals surface area (Å²) in [7, 11) is 0. The van der Waals surface area contributed by atoms with Gasteiger partial charge in [0.05, 0.1) is 5.69 Å². The Kier molecular flexibility index (Phi) is 3.20. The van der Waals surface area contributed by atoms with Gasteiger partial charge in [0.25, 0.3) is 0 Å². The Hall–Kier alpha value is -3.28. The fourth-order valence-corrected chi connectivity index (χ4v) is 2.49. The molecule has 2 heterocycles. The van der Waals surface area contributed by atoms with Crippen LogP contribution in [0.4, 0.5) is 17.2 Å². The lowest BCUT2D eigenvalue weighted by Crippen LogP contribution is -2.06. The summed E-state index contributed by atoms with van der Waals surface area (Å²) in [6, 6.07) is 19.2. The minimum absolute atomic E-state index is 0.0942. The highest BCUT2D eigenvalue weighted by Crippen LogP contribution is 2.39. The van der Waals surface area contributed by atoms with E-state index in [1.54, 1.807) is 4.68 Å². The summed E-state index contributed by atoms with van der Waals surface area (Å²) in [6.07, 6.45) is 0. The quantitative estimate of drug-likeness (QED) is 0.745. The van der Waals surface area contributed by atoms with Gasteiger partial charge in [0.15, 0.2) is 11.5 Å². The molecular weight excluding hydrogens is 290 g/mol. The van der Waals surface area contributed by atoms with Crippen molar-refractivity contribution < 1.29 is 4.79 Å². The van der Waals surface area contributed by atoms with Crippen molar-refractivity contribution in [2.45, 2.75) is 6.54 Å². The van der Waals surface area contributed by atoms with Crippen LogP contribution in [0.15, 0.2) is 70.9 Å². The number of fused-ring (bicyclic) bond motifs is 1.